The maximum absolute atomic E-state index is 12.3. The number of piperidine rings is 1. The van der Waals surface area contributed by atoms with Crippen LogP contribution < -0.4 is 0 Å². The zero-order chi connectivity index (χ0) is 13.4. The van der Waals surface area contributed by atoms with Gasteiger partial charge >= 0.3 is 0 Å². The number of carbonyl (C=O) groups is 1. The third-order valence-electron chi connectivity index (χ3n) is 3.40. The van der Waals surface area contributed by atoms with E-state index < -0.39 is 0 Å². The third kappa shape index (κ3) is 3.06. The molecule has 0 aromatic heterocycles. The number of allylic oxidation sites excluding steroid dienone is 2. The van der Waals surface area contributed by atoms with Crippen molar-refractivity contribution in [1.29, 1.82) is 0 Å². The highest BCUT2D eigenvalue weighted by atomic mass is 16.1. The minimum atomic E-state index is 0.0993. The molecule has 1 aliphatic heterocycles. The van der Waals surface area contributed by atoms with Crippen molar-refractivity contribution < 1.29 is 4.79 Å². The van der Waals surface area contributed by atoms with Crippen molar-refractivity contribution >= 4 is 5.78 Å². The molecule has 0 aromatic rings. The van der Waals surface area contributed by atoms with Gasteiger partial charge in [0.25, 0.3) is 0 Å². The summed E-state index contributed by atoms with van der Waals surface area (Å²) < 4.78 is 0. The Kier molecular flexibility index (Phi) is 3.98. The molecule has 0 atom stereocenters. The van der Waals surface area contributed by atoms with Gasteiger partial charge in [-0.15, -0.1) is 0 Å². The average molecular weight is 235 g/mol. The first-order valence-corrected chi connectivity index (χ1v) is 6.27. The Balaban J connectivity index is 3.21. The molecule has 0 bridgehead atoms. The largest absolute Gasteiger partial charge is 0.290 e. The van der Waals surface area contributed by atoms with Crippen molar-refractivity contribution in [3.8, 4) is 0 Å². The van der Waals surface area contributed by atoms with Crippen LogP contribution in [0.3, 0.4) is 0 Å². The molecule has 96 valence electrons. The number of carbonyl (C=O) groups excluding carboxylic acids is 1. The molecular weight excluding hydrogens is 210 g/mol. The lowest BCUT2D eigenvalue weighted by Crippen LogP contribution is -2.48. The number of likely N-dealkylation sites (tertiary alicyclic amines) is 1. The minimum Gasteiger partial charge on any atom is -0.290 e. The Morgan fingerprint density at radius 1 is 0.941 bits per heavy atom. The molecule has 0 radical (unpaired) electrons. The van der Waals surface area contributed by atoms with Gasteiger partial charge in [0.05, 0.1) is 0 Å². The predicted molar refractivity (Wildman–Crippen MR) is 73.1 cm³/mol. The first kappa shape index (κ1) is 14.2. The number of hydrogen-bond donors (Lipinski definition) is 0. The first-order valence-electron chi connectivity index (χ1n) is 6.27. The Morgan fingerprint density at radius 2 is 1.29 bits per heavy atom. The summed E-state index contributed by atoms with van der Waals surface area (Å²) in [6, 6.07) is 0. The van der Waals surface area contributed by atoms with Crippen molar-refractivity contribution in [2.24, 2.45) is 0 Å². The summed E-state index contributed by atoms with van der Waals surface area (Å²) in [6.45, 7) is 16.3. The summed E-state index contributed by atoms with van der Waals surface area (Å²) in [5.74, 6) is 0.255. The zero-order valence-electron chi connectivity index (χ0n) is 12.3. The molecule has 0 unspecified atom stereocenters. The van der Waals surface area contributed by atoms with Gasteiger partial charge in [-0.3, -0.25) is 9.69 Å². The van der Waals surface area contributed by atoms with Gasteiger partial charge in [0.1, 0.15) is 0 Å². The van der Waals surface area contributed by atoms with Crippen molar-refractivity contribution in [2.45, 2.75) is 54.0 Å². The smallest absolute Gasteiger partial charge is 0.187 e. The summed E-state index contributed by atoms with van der Waals surface area (Å²) in [5.41, 5.74) is 4.33. The molecular formula is C15H25NO. The van der Waals surface area contributed by atoms with Crippen molar-refractivity contribution in [3.63, 3.8) is 0 Å². The molecule has 1 heterocycles. The molecule has 1 fully saturated rings. The fraction of sp³-hybridized carbons (Fsp3) is 0.667. The maximum atomic E-state index is 12.3. The van der Waals surface area contributed by atoms with Crippen LogP contribution in [0.4, 0.5) is 0 Å². The van der Waals surface area contributed by atoms with Crippen LogP contribution in [-0.4, -0.2) is 29.3 Å². The molecule has 0 aromatic carbocycles. The molecule has 0 aliphatic carbocycles. The number of Topliss-reactive ketones (excluding diaryl/α,β-unsaturated/α-hetero) is 1. The normalized spacial score (nSPS) is 18.6. The SMILES string of the molecule is CC(C)=C1CN(C(C)(C)C)CC(=C(C)C)C1=O. The highest BCUT2D eigenvalue weighted by Crippen LogP contribution is 2.27. The number of rotatable bonds is 0. The fourth-order valence-corrected chi connectivity index (χ4v) is 2.01. The predicted octanol–water partition coefficient (Wildman–Crippen LogP) is 3.34. The van der Waals surface area contributed by atoms with Crippen molar-refractivity contribution in [2.75, 3.05) is 13.1 Å². The summed E-state index contributed by atoms with van der Waals surface area (Å²) in [6.07, 6.45) is 0. The topological polar surface area (TPSA) is 20.3 Å². The Bertz CT molecular complexity index is 356. The summed E-state index contributed by atoms with van der Waals surface area (Å²) in [5, 5.41) is 0. The second-order valence-electron chi connectivity index (χ2n) is 6.31. The van der Waals surface area contributed by atoms with E-state index in [1.54, 1.807) is 0 Å². The van der Waals surface area contributed by atoms with E-state index in [2.05, 4.69) is 25.7 Å². The van der Waals surface area contributed by atoms with Crippen molar-refractivity contribution in [3.05, 3.63) is 22.3 Å². The molecule has 0 amide bonds. The van der Waals surface area contributed by atoms with Crippen LogP contribution in [0.5, 0.6) is 0 Å². The molecule has 0 N–H and O–H groups in total. The van der Waals surface area contributed by atoms with Gasteiger partial charge in [-0.25, -0.2) is 0 Å². The molecule has 0 spiro atoms. The molecule has 1 saturated heterocycles. The summed E-state index contributed by atoms with van der Waals surface area (Å²) in [4.78, 5) is 14.7. The average Bonchev–Trinajstić information content (AvgIpc) is 2.14. The highest BCUT2D eigenvalue weighted by molar-refractivity contribution is 6.10. The van der Waals surface area contributed by atoms with Crippen LogP contribution in [0, 0.1) is 0 Å². The Morgan fingerprint density at radius 3 is 1.53 bits per heavy atom. The van der Waals surface area contributed by atoms with Gasteiger partial charge < -0.3 is 0 Å². The van der Waals surface area contributed by atoms with Gasteiger partial charge in [0, 0.05) is 29.8 Å². The molecule has 1 rings (SSSR count). The van der Waals surface area contributed by atoms with E-state index in [0.717, 1.165) is 35.4 Å². The molecule has 1 aliphatic rings. The monoisotopic (exact) mass is 235 g/mol. The second kappa shape index (κ2) is 4.77. The lowest BCUT2D eigenvalue weighted by Gasteiger charge is -2.40. The van der Waals surface area contributed by atoms with Crippen LogP contribution in [0.15, 0.2) is 22.3 Å². The maximum Gasteiger partial charge on any atom is 0.187 e. The zero-order valence-corrected chi connectivity index (χ0v) is 12.3. The molecule has 2 nitrogen and oxygen atoms in total. The van der Waals surface area contributed by atoms with E-state index in [0.29, 0.717) is 0 Å². The Labute approximate surface area is 105 Å². The van der Waals surface area contributed by atoms with Crippen molar-refractivity contribution in [1.82, 2.24) is 4.90 Å². The van der Waals surface area contributed by atoms with E-state index in [-0.39, 0.29) is 11.3 Å². The third-order valence-corrected chi connectivity index (χ3v) is 3.40. The van der Waals surface area contributed by atoms with Gasteiger partial charge in [-0.1, -0.05) is 11.1 Å². The number of ketones is 1. The van der Waals surface area contributed by atoms with E-state index >= 15 is 0 Å². The van der Waals surface area contributed by atoms with E-state index in [1.165, 1.54) is 0 Å². The minimum absolute atomic E-state index is 0.0993. The molecule has 2 heteroatoms. The van der Waals surface area contributed by atoms with Gasteiger partial charge in [0.15, 0.2) is 5.78 Å². The first-order chi connectivity index (χ1) is 7.64. The van der Waals surface area contributed by atoms with E-state index in [9.17, 15) is 4.79 Å². The van der Waals surface area contributed by atoms with Crippen LogP contribution >= 0.6 is 0 Å². The van der Waals surface area contributed by atoms with Crippen LogP contribution in [0.2, 0.25) is 0 Å². The standard InChI is InChI=1S/C15H25NO/c1-10(2)12-8-16(15(5,6)7)9-13(11(3)4)14(12)17/h8-9H2,1-7H3. The summed E-state index contributed by atoms with van der Waals surface area (Å²) >= 11 is 0. The van der Waals surface area contributed by atoms with E-state index in [4.69, 9.17) is 0 Å². The number of hydrogen-bond acceptors (Lipinski definition) is 2. The van der Waals surface area contributed by atoms with Crippen LogP contribution in [0.1, 0.15) is 48.5 Å². The fourth-order valence-electron chi connectivity index (χ4n) is 2.01. The highest BCUT2D eigenvalue weighted by Gasteiger charge is 2.32. The Hall–Kier alpha value is -0.890. The van der Waals surface area contributed by atoms with Gasteiger partial charge in [-0.2, -0.15) is 0 Å². The second-order valence-corrected chi connectivity index (χ2v) is 6.31. The molecule has 17 heavy (non-hydrogen) atoms. The lowest BCUT2D eigenvalue weighted by molar-refractivity contribution is -0.114. The van der Waals surface area contributed by atoms with Gasteiger partial charge in [-0.05, 0) is 48.5 Å². The van der Waals surface area contributed by atoms with E-state index in [1.807, 2.05) is 27.7 Å². The molecule has 0 saturated carbocycles. The van der Waals surface area contributed by atoms with Crippen LogP contribution in [0.25, 0.3) is 0 Å². The van der Waals surface area contributed by atoms with Gasteiger partial charge in [0.2, 0.25) is 0 Å². The lowest BCUT2D eigenvalue weighted by atomic mass is 9.89. The number of nitrogens with zero attached hydrogens (tertiary/aromatic N) is 1. The summed E-state index contributed by atoms with van der Waals surface area (Å²) in [7, 11) is 0. The van der Waals surface area contributed by atoms with Crippen LogP contribution in [-0.2, 0) is 4.79 Å². The quantitative estimate of drug-likeness (QED) is 0.600.